The van der Waals surface area contributed by atoms with Crippen molar-refractivity contribution in [2.24, 2.45) is 0 Å². The van der Waals surface area contributed by atoms with Crippen LogP contribution in [0.1, 0.15) is 5.56 Å². The molecule has 3 N–H and O–H groups in total. The van der Waals surface area contributed by atoms with Gasteiger partial charge in [-0.15, -0.1) is 0 Å². The minimum absolute atomic E-state index is 0.389. The average molecular weight is 218 g/mol. The Balaban J connectivity index is 2.63. The van der Waals surface area contributed by atoms with Crippen molar-refractivity contribution in [3.63, 3.8) is 0 Å². The van der Waals surface area contributed by atoms with Gasteiger partial charge < -0.3 is 0 Å². The molecule has 2 rings (SSSR count). The Bertz CT molecular complexity index is 409. The van der Waals surface area contributed by atoms with Crippen LogP contribution in [0.3, 0.4) is 0 Å². The van der Waals surface area contributed by atoms with E-state index in [0.29, 0.717) is 0 Å². The Kier molecular flexibility index (Phi) is 2.71. The number of para-hydroxylation sites is 1. The van der Waals surface area contributed by atoms with Crippen molar-refractivity contribution in [1.29, 1.82) is 0 Å². The smallest absolute Gasteiger partial charge is 0.139 e. The number of hydrogen-bond acceptors (Lipinski definition) is 4. The number of hydrazine groups is 1. The zero-order valence-electron chi connectivity index (χ0n) is 9.96. The molecule has 1 aromatic rings. The summed E-state index contributed by atoms with van der Waals surface area (Å²) in [5.41, 5.74) is 6.01. The van der Waals surface area contributed by atoms with Crippen molar-refractivity contribution in [2.75, 3.05) is 26.2 Å². The number of benzene rings is 1. The van der Waals surface area contributed by atoms with E-state index in [4.69, 9.17) is 0 Å². The quantitative estimate of drug-likeness (QED) is 0.655. The summed E-state index contributed by atoms with van der Waals surface area (Å²) < 4.78 is 0. The molecule has 4 nitrogen and oxygen atoms in total. The zero-order valence-corrected chi connectivity index (χ0v) is 9.96. The SMILES string of the molecule is C=C1N(NC)c2ccccc2C1(NC)NC. The molecule has 0 saturated heterocycles. The van der Waals surface area contributed by atoms with Crippen molar-refractivity contribution in [3.05, 3.63) is 42.1 Å². The van der Waals surface area contributed by atoms with Gasteiger partial charge in [0.05, 0.1) is 11.4 Å². The third-order valence-electron chi connectivity index (χ3n) is 3.23. The lowest BCUT2D eigenvalue weighted by atomic mass is 10.00. The van der Waals surface area contributed by atoms with E-state index in [1.807, 2.05) is 38.3 Å². The maximum atomic E-state index is 4.15. The second-order valence-electron chi connectivity index (χ2n) is 3.77. The van der Waals surface area contributed by atoms with Crippen molar-refractivity contribution < 1.29 is 0 Å². The molecule has 0 unspecified atom stereocenters. The first-order valence-corrected chi connectivity index (χ1v) is 5.35. The molecular formula is C12H18N4. The Morgan fingerprint density at radius 2 is 1.75 bits per heavy atom. The predicted molar refractivity (Wildman–Crippen MR) is 66.9 cm³/mol. The highest BCUT2D eigenvalue weighted by atomic mass is 15.5. The third-order valence-corrected chi connectivity index (χ3v) is 3.23. The van der Waals surface area contributed by atoms with Gasteiger partial charge in [0.15, 0.2) is 0 Å². The van der Waals surface area contributed by atoms with E-state index in [1.54, 1.807) is 0 Å². The molecule has 1 aliphatic rings. The molecule has 0 atom stereocenters. The van der Waals surface area contributed by atoms with Crippen LogP contribution in [-0.2, 0) is 5.66 Å². The summed E-state index contributed by atoms with van der Waals surface area (Å²) in [6.45, 7) is 4.15. The first-order chi connectivity index (χ1) is 7.71. The van der Waals surface area contributed by atoms with Gasteiger partial charge in [0.2, 0.25) is 0 Å². The second-order valence-corrected chi connectivity index (χ2v) is 3.77. The largest absolute Gasteiger partial charge is 0.293 e. The van der Waals surface area contributed by atoms with Crippen molar-refractivity contribution in [3.8, 4) is 0 Å². The van der Waals surface area contributed by atoms with Gasteiger partial charge in [-0.25, -0.2) is 5.43 Å². The summed E-state index contributed by atoms with van der Waals surface area (Å²) in [5, 5.41) is 8.60. The second kappa shape index (κ2) is 3.90. The highest BCUT2D eigenvalue weighted by Gasteiger charge is 2.43. The van der Waals surface area contributed by atoms with Gasteiger partial charge in [-0.3, -0.25) is 15.6 Å². The number of nitrogens with zero attached hydrogens (tertiary/aromatic N) is 1. The minimum Gasteiger partial charge on any atom is -0.293 e. The maximum Gasteiger partial charge on any atom is 0.139 e. The van der Waals surface area contributed by atoms with E-state index in [2.05, 4.69) is 34.8 Å². The molecular weight excluding hydrogens is 200 g/mol. The standard InChI is InChI=1S/C12H18N4/c1-9-12(13-2,14-3)10-7-5-6-8-11(10)16(9)15-4/h5-8,13-15H,1H2,2-4H3. The number of nitrogens with one attached hydrogen (secondary N) is 3. The fourth-order valence-electron chi connectivity index (χ4n) is 2.39. The molecule has 0 amide bonds. The number of fused-ring (bicyclic) bond motifs is 1. The summed E-state index contributed by atoms with van der Waals surface area (Å²) in [5.74, 6) is 0. The normalized spacial score (nSPS) is 17.7. The number of hydrogen-bond donors (Lipinski definition) is 3. The predicted octanol–water partition coefficient (Wildman–Crippen LogP) is 0.746. The van der Waals surface area contributed by atoms with Gasteiger partial charge in [0, 0.05) is 12.6 Å². The third kappa shape index (κ3) is 1.21. The van der Waals surface area contributed by atoms with Gasteiger partial charge in [-0.2, -0.15) is 0 Å². The first kappa shape index (κ1) is 11.1. The van der Waals surface area contributed by atoms with Crippen LogP contribution in [-0.4, -0.2) is 21.1 Å². The Hall–Kier alpha value is -1.36. The lowest BCUT2D eigenvalue weighted by molar-refractivity contribution is 0.371. The van der Waals surface area contributed by atoms with Gasteiger partial charge >= 0.3 is 0 Å². The van der Waals surface area contributed by atoms with Crippen LogP contribution in [0.2, 0.25) is 0 Å². The molecule has 86 valence electrons. The van der Waals surface area contributed by atoms with Gasteiger partial charge in [-0.05, 0) is 20.2 Å². The van der Waals surface area contributed by atoms with Crippen LogP contribution in [0.4, 0.5) is 5.69 Å². The Morgan fingerprint density at radius 1 is 1.12 bits per heavy atom. The summed E-state index contributed by atoms with van der Waals surface area (Å²) >= 11 is 0. The van der Waals surface area contributed by atoms with Crippen LogP contribution in [0.25, 0.3) is 0 Å². The molecule has 0 aromatic heterocycles. The molecule has 0 spiro atoms. The van der Waals surface area contributed by atoms with Crippen molar-refractivity contribution in [2.45, 2.75) is 5.66 Å². The van der Waals surface area contributed by atoms with E-state index in [9.17, 15) is 0 Å². The lowest BCUT2D eigenvalue weighted by Crippen LogP contribution is -2.53. The molecule has 0 bridgehead atoms. The highest BCUT2D eigenvalue weighted by molar-refractivity contribution is 5.68. The van der Waals surface area contributed by atoms with E-state index in [1.165, 1.54) is 5.56 Å². The summed E-state index contributed by atoms with van der Waals surface area (Å²) in [6.07, 6.45) is 0. The van der Waals surface area contributed by atoms with E-state index in [-0.39, 0.29) is 5.66 Å². The fourth-order valence-corrected chi connectivity index (χ4v) is 2.39. The molecule has 0 radical (unpaired) electrons. The average Bonchev–Trinajstić information content (AvgIpc) is 2.58. The Labute approximate surface area is 96.3 Å². The molecule has 1 heterocycles. The molecule has 16 heavy (non-hydrogen) atoms. The topological polar surface area (TPSA) is 39.3 Å². The van der Waals surface area contributed by atoms with Gasteiger partial charge in [-0.1, -0.05) is 24.8 Å². The number of likely N-dealkylation sites (N-methyl/N-ethyl adjacent to an activating group) is 2. The number of rotatable bonds is 3. The molecule has 1 aromatic carbocycles. The van der Waals surface area contributed by atoms with E-state index in [0.717, 1.165) is 11.4 Å². The fraction of sp³-hybridized carbons (Fsp3) is 0.333. The molecule has 1 aliphatic heterocycles. The van der Waals surface area contributed by atoms with Crippen molar-refractivity contribution >= 4 is 5.69 Å². The van der Waals surface area contributed by atoms with Gasteiger partial charge in [0.1, 0.15) is 5.66 Å². The van der Waals surface area contributed by atoms with Crippen LogP contribution >= 0.6 is 0 Å². The minimum atomic E-state index is -0.389. The van der Waals surface area contributed by atoms with Crippen LogP contribution in [0, 0.1) is 0 Å². The van der Waals surface area contributed by atoms with Crippen LogP contribution in [0.5, 0.6) is 0 Å². The summed E-state index contributed by atoms with van der Waals surface area (Å²) in [7, 11) is 5.75. The highest BCUT2D eigenvalue weighted by Crippen LogP contribution is 2.42. The summed E-state index contributed by atoms with van der Waals surface area (Å²) in [4.78, 5) is 0. The Morgan fingerprint density at radius 3 is 2.31 bits per heavy atom. The van der Waals surface area contributed by atoms with Crippen LogP contribution in [0.15, 0.2) is 36.5 Å². The monoisotopic (exact) mass is 218 g/mol. The first-order valence-electron chi connectivity index (χ1n) is 5.35. The lowest BCUT2D eigenvalue weighted by Gasteiger charge is -2.31. The molecule has 4 heteroatoms. The molecule has 0 aliphatic carbocycles. The van der Waals surface area contributed by atoms with Gasteiger partial charge in [0.25, 0.3) is 0 Å². The van der Waals surface area contributed by atoms with Crippen molar-refractivity contribution in [1.82, 2.24) is 16.1 Å². The van der Waals surface area contributed by atoms with E-state index < -0.39 is 0 Å². The summed E-state index contributed by atoms with van der Waals surface area (Å²) in [6, 6.07) is 8.24. The number of anilines is 1. The molecule has 0 fully saturated rings. The zero-order chi connectivity index (χ0) is 11.8. The van der Waals surface area contributed by atoms with E-state index >= 15 is 0 Å². The molecule has 0 saturated carbocycles. The maximum absolute atomic E-state index is 4.15. The van der Waals surface area contributed by atoms with Crippen LogP contribution < -0.4 is 21.1 Å².